The largest absolute Gasteiger partial charge is 0.598 e. The van der Waals surface area contributed by atoms with Crippen molar-refractivity contribution in [3.63, 3.8) is 0 Å². The van der Waals surface area contributed by atoms with Gasteiger partial charge in [0.15, 0.2) is 0 Å². The Hall–Kier alpha value is -0.370. The molecule has 0 aromatic heterocycles. The number of allylic oxidation sites excluding steroid dienone is 1. The summed E-state index contributed by atoms with van der Waals surface area (Å²) < 4.78 is 21.4. The molecule has 2 fully saturated rings. The molecule has 9 nitrogen and oxygen atoms in total. The number of ether oxygens (including phenoxy) is 1. The van der Waals surface area contributed by atoms with E-state index in [1.807, 2.05) is 26.8 Å². The first-order valence-corrected chi connectivity index (χ1v) is 13.2. The Balaban J connectivity index is 0.00000114. The molecule has 0 aromatic carbocycles. The summed E-state index contributed by atoms with van der Waals surface area (Å²) in [5.74, 6) is 0. The zero-order chi connectivity index (χ0) is 23.9. The number of hydrogen-bond acceptors (Lipinski definition) is 9. The average molecular weight is 495 g/mol. The summed E-state index contributed by atoms with van der Waals surface area (Å²) in [5, 5.41) is 38.8. The highest BCUT2D eigenvalue weighted by molar-refractivity contribution is 8.00. The third-order valence-corrected chi connectivity index (χ3v) is 8.77. The number of fused-ring (bicyclic) bond motifs is 2. The number of nitrogens with one attached hydrogen (secondary N) is 1. The Morgan fingerprint density at radius 2 is 1.75 bits per heavy atom. The summed E-state index contributed by atoms with van der Waals surface area (Å²) in [6, 6.07) is -0.429. The van der Waals surface area contributed by atoms with Crippen LogP contribution in [-0.4, -0.2) is 102 Å². The van der Waals surface area contributed by atoms with E-state index >= 15 is 0 Å². The van der Waals surface area contributed by atoms with Crippen molar-refractivity contribution in [3.8, 4) is 0 Å². The van der Waals surface area contributed by atoms with E-state index in [0.717, 1.165) is 26.1 Å². The van der Waals surface area contributed by atoms with Gasteiger partial charge < -0.3 is 34.6 Å². The zero-order valence-electron chi connectivity index (χ0n) is 19.0. The van der Waals surface area contributed by atoms with Gasteiger partial charge in [0.2, 0.25) is 0 Å². The van der Waals surface area contributed by atoms with Crippen molar-refractivity contribution in [3.05, 3.63) is 12.2 Å². The van der Waals surface area contributed by atoms with Crippen molar-refractivity contribution < 1.29 is 34.5 Å². The lowest BCUT2D eigenvalue weighted by Crippen LogP contribution is -2.63. The van der Waals surface area contributed by atoms with Crippen molar-refractivity contribution >= 4 is 29.6 Å². The highest BCUT2D eigenvalue weighted by atomic mass is 32.2. The number of aliphatic hydroxyl groups is 3. The monoisotopic (exact) mass is 494 g/mol. The fourth-order valence-electron chi connectivity index (χ4n) is 3.99. The molecule has 0 aliphatic carbocycles. The summed E-state index contributed by atoms with van der Waals surface area (Å²) in [6.07, 6.45) is 3.53. The molecule has 3 aliphatic rings. The third kappa shape index (κ3) is 7.85. The molecule has 5 N–H and O–H groups in total. The summed E-state index contributed by atoms with van der Waals surface area (Å²) in [6.45, 7) is 8.51. The van der Waals surface area contributed by atoms with E-state index in [1.165, 1.54) is 24.6 Å². The van der Waals surface area contributed by atoms with E-state index in [2.05, 4.69) is 15.7 Å². The first kappa shape index (κ1) is 27.9. The molecule has 0 radical (unpaired) electrons. The van der Waals surface area contributed by atoms with Gasteiger partial charge in [0.05, 0.1) is 6.04 Å². The number of carboxylic acid groups (broad SMARTS) is 1. The number of rotatable bonds is 4. The molecule has 2 bridgehead atoms. The van der Waals surface area contributed by atoms with Crippen LogP contribution in [0.2, 0.25) is 0 Å². The molecule has 3 rings (SSSR count). The first-order valence-electron chi connectivity index (χ1n) is 11.1. The summed E-state index contributed by atoms with van der Waals surface area (Å²) in [5.41, 5.74) is -0.634. The molecule has 0 aromatic rings. The van der Waals surface area contributed by atoms with Crippen LogP contribution in [0.25, 0.3) is 0 Å². The smallest absolute Gasteiger partial charge is 0.290 e. The standard InChI is InChI=1S/C20H36N2O5S2.CH2O2/c1-20(2,3)29(26)21-14-9-5-4-8-13(12-22-10-6-7-11-22)28-19-17(25)15(23)16(24)18(14)27-19;2-1-3/h4-5,13-19,21,23-25H,6-12H2,1-3H3;1H,(H,2,3)/b5-4-;/t13-,14+,15-,16+,17+,18+,19+,29?;/m0./s1. The maximum Gasteiger partial charge on any atom is 0.290 e. The predicted molar refractivity (Wildman–Crippen MR) is 126 cm³/mol. The minimum absolute atomic E-state index is 0.236. The Bertz CT molecular complexity index is 601. The minimum atomic E-state index is -1.35. The maximum atomic E-state index is 12.7. The third-order valence-electron chi connectivity index (χ3n) is 5.76. The van der Waals surface area contributed by atoms with Gasteiger partial charge in [-0.05, 0) is 59.5 Å². The molecule has 32 heavy (non-hydrogen) atoms. The molecule has 186 valence electrons. The maximum absolute atomic E-state index is 12.7. The number of aliphatic hydroxyl groups excluding tert-OH is 3. The van der Waals surface area contributed by atoms with Crippen molar-refractivity contribution in [2.75, 3.05) is 19.6 Å². The van der Waals surface area contributed by atoms with Crippen molar-refractivity contribution in [1.29, 1.82) is 0 Å². The van der Waals surface area contributed by atoms with Gasteiger partial charge in [0, 0.05) is 23.2 Å². The Morgan fingerprint density at radius 1 is 1.16 bits per heavy atom. The van der Waals surface area contributed by atoms with Gasteiger partial charge in [-0.1, -0.05) is 12.2 Å². The van der Waals surface area contributed by atoms with Gasteiger partial charge in [0.1, 0.15) is 34.6 Å². The van der Waals surface area contributed by atoms with Gasteiger partial charge in [-0.2, -0.15) is 0 Å². The molecule has 8 atom stereocenters. The minimum Gasteiger partial charge on any atom is -0.598 e. The van der Waals surface area contributed by atoms with Crippen LogP contribution >= 0.6 is 11.8 Å². The molecule has 0 saturated carbocycles. The van der Waals surface area contributed by atoms with Gasteiger partial charge in [-0.3, -0.25) is 4.79 Å². The van der Waals surface area contributed by atoms with E-state index in [0.29, 0.717) is 6.42 Å². The van der Waals surface area contributed by atoms with Crippen LogP contribution in [0, 0.1) is 0 Å². The molecular weight excluding hydrogens is 456 g/mol. The summed E-state index contributed by atoms with van der Waals surface area (Å²) in [7, 11) is 0. The van der Waals surface area contributed by atoms with Gasteiger partial charge in [-0.15, -0.1) is 16.5 Å². The average Bonchev–Trinajstić information content (AvgIpc) is 3.23. The summed E-state index contributed by atoms with van der Waals surface area (Å²) in [4.78, 5) is 10.8. The van der Waals surface area contributed by atoms with Crippen LogP contribution in [-0.2, 0) is 20.9 Å². The molecular formula is C21H38N2O7S2. The first-order chi connectivity index (χ1) is 15.1. The van der Waals surface area contributed by atoms with E-state index in [9.17, 15) is 19.9 Å². The fraction of sp³-hybridized carbons (Fsp3) is 0.857. The quantitative estimate of drug-likeness (QED) is 0.212. The second-order valence-electron chi connectivity index (χ2n) is 9.36. The number of nitrogens with zero attached hydrogens (tertiary/aromatic N) is 1. The fourth-order valence-corrected chi connectivity index (χ4v) is 6.26. The van der Waals surface area contributed by atoms with Gasteiger partial charge >= 0.3 is 0 Å². The van der Waals surface area contributed by atoms with Gasteiger partial charge in [-0.25, -0.2) is 0 Å². The lowest BCUT2D eigenvalue weighted by Gasteiger charge is -2.44. The number of likely N-dealkylation sites (tertiary alicyclic amines) is 1. The van der Waals surface area contributed by atoms with E-state index in [-0.39, 0.29) is 11.7 Å². The normalized spacial score (nSPS) is 38.3. The molecule has 3 aliphatic heterocycles. The topological polar surface area (TPSA) is 146 Å². The Kier molecular flexibility index (Phi) is 11.2. The van der Waals surface area contributed by atoms with Crippen LogP contribution in [0.1, 0.15) is 46.5 Å². The van der Waals surface area contributed by atoms with Crippen LogP contribution in [0.5, 0.6) is 0 Å². The summed E-state index contributed by atoms with van der Waals surface area (Å²) >= 11 is 0.185. The number of carbonyl (C=O) groups is 1. The lowest BCUT2D eigenvalue weighted by atomic mass is 9.93. The van der Waals surface area contributed by atoms with Crippen LogP contribution in [0.15, 0.2) is 12.2 Å². The van der Waals surface area contributed by atoms with Crippen molar-refractivity contribution in [1.82, 2.24) is 9.62 Å². The molecule has 11 heteroatoms. The molecule has 3 heterocycles. The molecule has 2 saturated heterocycles. The van der Waals surface area contributed by atoms with Crippen molar-refractivity contribution in [2.24, 2.45) is 0 Å². The van der Waals surface area contributed by atoms with Crippen molar-refractivity contribution in [2.45, 2.75) is 92.3 Å². The van der Waals surface area contributed by atoms with E-state index in [4.69, 9.17) is 14.6 Å². The second-order valence-corrected chi connectivity index (χ2v) is 12.8. The Labute approximate surface area is 197 Å². The van der Waals surface area contributed by atoms with E-state index in [1.54, 1.807) is 0 Å². The van der Waals surface area contributed by atoms with Crippen LogP contribution in [0.3, 0.4) is 0 Å². The van der Waals surface area contributed by atoms with Crippen LogP contribution < -0.4 is 4.72 Å². The molecule has 1 unspecified atom stereocenters. The zero-order valence-corrected chi connectivity index (χ0v) is 20.6. The lowest BCUT2D eigenvalue weighted by molar-refractivity contribution is -0.203. The van der Waals surface area contributed by atoms with Gasteiger partial charge in [0.25, 0.3) is 6.47 Å². The predicted octanol–water partition coefficient (Wildman–Crippen LogP) is 0.463. The second kappa shape index (κ2) is 12.9. The molecule has 0 spiro atoms. The molecule has 0 amide bonds. The highest BCUT2D eigenvalue weighted by Crippen LogP contribution is 2.35. The number of thioether (sulfide) groups is 1. The SMILES string of the molecule is CC(C)(C)[S+]([O-])N[C@@H]1C/C=C\C[C@@H](CN2CCCC2)S[C@H]2O[C@H]1[C@H](O)[C@H](O)[C@H]2O.O=CO. The Morgan fingerprint density at radius 3 is 2.34 bits per heavy atom. The highest BCUT2D eigenvalue weighted by Gasteiger charge is 2.48. The number of hydrogen-bond donors (Lipinski definition) is 5. The van der Waals surface area contributed by atoms with Crippen LogP contribution in [0.4, 0.5) is 0 Å². The van der Waals surface area contributed by atoms with E-state index < -0.39 is 52.0 Å².